The molecule has 5 rings (SSSR count). The molecule has 0 saturated heterocycles. The zero-order valence-electron chi connectivity index (χ0n) is 28.8. The summed E-state index contributed by atoms with van der Waals surface area (Å²) >= 11 is 1.30. The highest BCUT2D eigenvalue weighted by Crippen LogP contribution is 2.37. The van der Waals surface area contributed by atoms with Crippen LogP contribution in [0, 0.1) is 0 Å². The number of anilines is 2. The summed E-state index contributed by atoms with van der Waals surface area (Å²) in [6.45, 7) is 2.00. The molecule has 0 bridgehead atoms. The van der Waals surface area contributed by atoms with Crippen molar-refractivity contribution in [2.75, 3.05) is 31.5 Å². The number of rotatable bonds is 14. The van der Waals surface area contributed by atoms with Crippen LogP contribution in [-0.4, -0.2) is 44.5 Å². The number of thioether (sulfide) groups is 1. The minimum atomic E-state index is -0.667. The molecule has 52 heavy (non-hydrogen) atoms. The molecule has 1 unspecified atom stereocenters. The van der Waals surface area contributed by atoms with Crippen molar-refractivity contribution in [3.63, 3.8) is 0 Å². The molecule has 0 aliphatic carbocycles. The van der Waals surface area contributed by atoms with Crippen LogP contribution in [0.3, 0.4) is 0 Å². The third-order valence-electron chi connectivity index (χ3n) is 7.62. The van der Waals surface area contributed by atoms with Gasteiger partial charge in [-0.2, -0.15) is 0 Å². The maximum atomic E-state index is 13.8. The monoisotopic (exact) mass is 715 g/mol. The van der Waals surface area contributed by atoms with Crippen molar-refractivity contribution in [1.82, 2.24) is 5.32 Å². The van der Waals surface area contributed by atoms with Crippen molar-refractivity contribution in [2.24, 2.45) is 0 Å². The molecule has 0 aromatic heterocycles. The van der Waals surface area contributed by atoms with E-state index >= 15 is 0 Å². The van der Waals surface area contributed by atoms with Crippen molar-refractivity contribution < 1.29 is 33.4 Å². The molecule has 5 aromatic carbocycles. The van der Waals surface area contributed by atoms with E-state index in [-0.39, 0.29) is 18.2 Å². The molecule has 0 fully saturated rings. The van der Waals surface area contributed by atoms with Gasteiger partial charge in [0.2, 0.25) is 5.91 Å². The number of amides is 3. The van der Waals surface area contributed by atoms with E-state index in [9.17, 15) is 19.2 Å². The number of benzene rings is 5. The Labute approximate surface area is 306 Å². The summed E-state index contributed by atoms with van der Waals surface area (Å²) in [4.78, 5) is 53.5. The average molecular weight is 716 g/mol. The molecule has 11 heteroatoms. The number of methoxy groups -OCH3 is 2. The molecule has 5 aromatic rings. The standard InChI is InChI=1S/C41H37N3O7S/c1-4-51-41(48)29-18-21-31(22-19-29)42-40(47)37(27-12-7-5-8-13-27)52-34-17-11-16-32(25-34)43-39(46)35(44-38(45)28-14-9-6-10-15-28)24-30-20-23-33(49-2)26-36(30)50-3/h5-26,37H,4H2,1-3H3,(H,42,47)(H,43,46)(H,44,45)/b35-24+. The van der Waals surface area contributed by atoms with Crippen LogP contribution in [0.15, 0.2) is 138 Å². The van der Waals surface area contributed by atoms with Gasteiger partial charge in [-0.15, -0.1) is 11.8 Å². The summed E-state index contributed by atoms with van der Waals surface area (Å²) in [5.41, 5.74) is 3.01. The normalized spacial score (nSPS) is 11.5. The second-order valence-corrected chi connectivity index (χ2v) is 12.3. The van der Waals surface area contributed by atoms with E-state index in [0.29, 0.717) is 44.5 Å². The average Bonchev–Trinajstić information content (AvgIpc) is 3.17. The molecule has 0 saturated carbocycles. The van der Waals surface area contributed by atoms with Crippen molar-refractivity contribution in [3.8, 4) is 11.5 Å². The Morgan fingerprint density at radius 3 is 2.10 bits per heavy atom. The van der Waals surface area contributed by atoms with E-state index < -0.39 is 23.0 Å². The predicted octanol–water partition coefficient (Wildman–Crippen LogP) is 7.76. The van der Waals surface area contributed by atoms with Crippen LogP contribution in [0.25, 0.3) is 6.08 Å². The van der Waals surface area contributed by atoms with Gasteiger partial charge in [0, 0.05) is 33.5 Å². The molecule has 3 N–H and O–H groups in total. The number of carbonyl (C=O) groups is 4. The molecule has 3 amide bonds. The lowest BCUT2D eigenvalue weighted by Gasteiger charge is -2.18. The maximum Gasteiger partial charge on any atom is 0.338 e. The Kier molecular flexibility index (Phi) is 12.8. The number of ether oxygens (including phenoxy) is 3. The minimum absolute atomic E-state index is 0.0223. The van der Waals surface area contributed by atoms with E-state index in [0.717, 1.165) is 5.56 Å². The van der Waals surface area contributed by atoms with Gasteiger partial charge in [0.05, 0.1) is 26.4 Å². The molecule has 0 aliphatic rings. The largest absolute Gasteiger partial charge is 0.497 e. The summed E-state index contributed by atoms with van der Waals surface area (Å²) in [6.07, 6.45) is 1.53. The molecular weight excluding hydrogens is 679 g/mol. The van der Waals surface area contributed by atoms with Gasteiger partial charge in [-0.25, -0.2) is 4.79 Å². The topological polar surface area (TPSA) is 132 Å². The highest BCUT2D eigenvalue weighted by Gasteiger charge is 2.23. The number of carbonyl (C=O) groups excluding carboxylic acids is 4. The Balaban J connectivity index is 1.38. The van der Waals surface area contributed by atoms with Gasteiger partial charge in [0.1, 0.15) is 22.4 Å². The number of hydrogen-bond acceptors (Lipinski definition) is 8. The minimum Gasteiger partial charge on any atom is -0.497 e. The highest BCUT2D eigenvalue weighted by molar-refractivity contribution is 8.00. The fraction of sp³-hybridized carbons (Fsp3) is 0.122. The zero-order chi connectivity index (χ0) is 36.9. The lowest BCUT2D eigenvalue weighted by atomic mass is 10.1. The van der Waals surface area contributed by atoms with E-state index in [2.05, 4.69) is 16.0 Å². The van der Waals surface area contributed by atoms with Gasteiger partial charge >= 0.3 is 5.97 Å². The van der Waals surface area contributed by atoms with Gasteiger partial charge in [-0.3, -0.25) is 14.4 Å². The lowest BCUT2D eigenvalue weighted by molar-refractivity contribution is -0.116. The SMILES string of the molecule is CCOC(=O)c1ccc(NC(=O)C(Sc2cccc(NC(=O)/C(=C\c3ccc(OC)cc3OC)NC(=O)c3ccccc3)c2)c2ccccc2)cc1. The van der Waals surface area contributed by atoms with Crippen LogP contribution in [-0.2, 0) is 14.3 Å². The Morgan fingerprint density at radius 1 is 0.712 bits per heavy atom. The van der Waals surface area contributed by atoms with Crippen molar-refractivity contribution in [3.05, 3.63) is 155 Å². The van der Waals surface area contributed by atoms with Crippen molar-refractivity contribution in [1.29, 1.82) is 0 Å². The highest BCUT2D eigenvalue weighted by atomic mass is 32.2. The third-order valence-corrected chi connectivity index (χ3v) is 8.87. The van der Waals surface area contributed by atoms with E-state index in [4.69, 9.17) is 14.2 Å². The molecule has 10 nitrogen and oxygen atoms in total. The van der Waals surface area contributed by atoms with Crippen LogP contribution >= 0.6 is 11.8 Å². The van der Waals surface area contributed by atoms with Crippen LogP contribution in [0.4, 0.5) is 11.4 Å². The summed E-state index contributed by atoms with van der Waals surface area (Å²) in [7, 11) is 3.04. The summed E-state index contributed by atoms with van der Waals surface area (Å²) in [6, 6.07) is 36.6. The molecule has 0 aliphatic heterocycles. The second kappa shape index (κ2) is 18.1. The Morgan fingerprint density at radius 2 is 1.42 bits per heavy atom. The van der Waals surface area contributed by atoms with Crippen molar-refractivity contribution in [2.45, 2.75) is 17.1 Å². The predicted molar refractivity (Wildman–Crippen MR) is 203 cm³/mol. The number of hydrogen-bond donors (Lipinski definition) is 3. The van der Waals surface area contributed by atoms with Gasteiger partial charge in [0.15, 0.2) is 0 Å². The molecule has 0 radical (unpaired) electrons. The summed E-state index contributed by atoms with van der Waals surface area (Å²) < 4.78 is 15.9. The molecule has 0 heterocycles. The Hall–Kier alpha value is -6.33. The van der Waals surface area contributed by atoms with Gasteiger partial charge in [0.25, 0.3) is 11.8 Å². The fourth-order valence-electron chi connectivity index (χ4n) is 5.03. The van der Waals surface area contributed by atoms with Crippen LogP contribution in [0.5, 0.6) is 11.5 Å². The molecular formula is C41H37N3O7S. The molecule has 0 spiro atoms. The molecule has 1 atom stereocenters. The first kappa shape index (κ1) is 36.9. The Bertz CT molecular complexity index is 2050. The van der Waals surface area contributed by atoms with Crippen LogP contribution < -0.4 is 25.4 Å². The zero-order valence-corrected chi connectivity index (χ0v) is 29.6. The first-order valence-corrected chi connectivity index (χ1v) is 17.2. The van der Waals surface area contributed by atoms with E-state index in [1.165, 1.54) is 32.1 Å². The second-order valence-electron chi connectivity index (χ2n) is 11.2. The first-order chi connectivity index (χ1) is 25.3. The first-order valence-electron chi connectivity index (χ1n) is 16.3. The third kappa shape index (κ3) is 9.89. The van der Waals surface area contributed by atoms with Gasteiger partial charge in [-0.1, -0.05) is 54.6 Å². The number of nitrogens with one attached hydrogen (secondary N) is 3. The van der Waals surface area contributed by atoms with Crippen LogP contribution in [0.2, 0.25) is 0 Å². The maximum absolute atomic E-state index is 13.8. The van der Waals surface area contributed by atoms with E-state index in [1.54, 1.807) is 97.9 Å². The summed E-state index contributed by atoms with van der Waals surface area (Å²) in [5, 5.41) is 7.91. The van der Waals surface area contributed by atoms with Crippen LogP contribution in [0.1, 0.15) is 44.0 Å². The molecule has 264 valence electrons. The fourth-order valence-corrected chi connectivity index (χ4v) is 6.11. The lowest BCUT2D eigenvalue weighted by Crippen LogP contribution is -2.30. The quantitative estimate of drug-likeness (QED) is 0.0604. The van der Waals surface area contributed by atoms with Crippen molar-refractivity contribution >= 4 is 52.9 Å². The van der Waals surface area contributed by atoms with E-state index in [1.807, 2.05) is 36.4 Å². The van der Waals surface area contributed by atoms with Gasteiger partial charge < -0.3 is 30.2 Å². The number of esters is 1. The summed E-state index contributed by atoms with van der Waals surface area (Å²) in [5.74, 6) is -0.753. The smallest absolute Gasteiger partial charge is 0.338 e. The van der Waals surface area contributed by atoms with Gasteiger partial charge in [-0.05, 0) is 85.3 Å².